The second kappa shape index (κ2) is 8.23. The third kappa shape index (κ3) is 3.92. The van der Waals surface area contributed by atoms with Gasteiger partial charge in [-0.1, -0.05) is 37.3 Å². The number of ether oxygens (including phenoxy) is 1. The molecule has 27 heavy (non-hydrogen) atoms. The van der Waals surface area contributed by atoms with Gasteiger partial charge in [0.15, 0.2) is 5.69 Å². The number of nitrogens with one attached hydrogen (secondary N) is 1. The quantitative estimate of drug-likeness (QED) is 0.881. The Hall–Kier alpha value is -2.18. The van der Waals surface area contributed by atoms with Gasteiger partial charge in [0.2, 0.25) is 0 Å². The summed E-state index contributed by atoms with van der Waals surface area (Å²) in [7, 11) is 0. The van der Waals surface area contributed by atoms with Crippen LogP contribution >= 0.6 is 0 Å². The molecule has 6 heteroatoms. The normalized spacial score (nSPS) is 18.3. The van der Waals surface area contributed by atoms with Crippen LogP contribution in [0.4, 0.5) is 0 Å². The molecule has 3 heterocycles. The first kappa shape index (κ1) is 18.2. The summed E-state index contributed by atoms with van der Waals surface area (Å²) in [4.78, 5) is 20.1. The molecule has 0 unspecified atom stereocenters. The lowest BCUT2D eigenvalue weighted by molar-refractivity contribution is 0.0641. The van der Waals surface area contributed by atoms with Crippen LogP contribution in [0.2, 0.25) is 0 Å². The minimum atomic E-state index is -0.0506. The van der Waals surface area contributed by atoms with Crippen molar-refractivity contribution >= 4 is 5.91 Å². The third-order valence-corrected chi connectivity index (χ3v) is 5.67. The fourth-order valence-corrected chi connectivity index (χ4v) is 3.95. The van der Waals surface area contributed by atoms with Gasteiger partial charge in [0.25, 0.3) is 5.91 Å². The maximum atomic E-state index is 13.0. The second-order valence-corrected chi connectivity index (χ2v) is 7.38. The Bertz CT molecular complexity index is 781. The van der Waals surface area contributed by atoms with Gasteiger partial charge in [-0.3, -0.25) is 9.69 Å². The van der Waals surface area contributed by atoms with Gasteiger partial charge in [0, 0.05) is 45.0 Å². The Kier molecular flexibility index (Phi) is 5.55. The SMILES string of the molecule is CCN1CCn2c(-c3ccccc3)nc(C(=O)NCC3CCOCC3)c2C1. The summed E-state index contributed by atoms with van der Waals surface area (Å²) in [6.07, 6.45) is 2.03. The van der Waals surface area contributed by atoms with Gasteiger partial charge in [0.1, 0.15) is 5.82 Å². The van der Waals surface area contributed by atoms with Gasteiger partial charge in [0.05, 0.1) is 5.69 Å². The van der Waals surface area contributed by atoms with Gasteiger partial charge in [-0.25, -0.2) is 4.98 Å². The van der Waals surface area contributed by atoms with Crippen molar-refractivity contribution < 1.29 is 9.53 Å². The number of hydrogen-bond donors (Lipinski definition) is 1. The predicted octanol–water partition coefficient (Wildman–Crippen LogP) is 2.54. The Morgan fingerprint density at radius 2 is 2.00 bits per heavy atom. The molecule has 144 valence electrons. The molecule has 2 aliphatic heterocycles. The maximum absolute atomic E-state index is 13.0. The van der Waals surface area contributed by atoms with Crippen molar-refractivity contribution in [3.63, 3.8) is 0 Å². The number of aromatic nitrogens is 2. The minimum absolute atomic E-state index is 0.0506. The molecule has 1 fully saturated rings. The number of likely N-dealkylation sites (N-methyl/N-ethyl adjacent to an activating group) is 1. The van der Waals surface area contributed by atoms with Crippen LogP contribution in [0.15, 0.2) is 30.3 Å². The van der Waals surface area contributed by atoms with Gasteiger partial charge in [-0.15, -0.1) is 0 Å². The van der Waals surface area contributed by atoms with Crippen molar-refractivity contribution in [2.75, 3.05) is 32.8 Å². The predicted molar refractivity (Wildman–Crippen MR) is 104 cm³/mol. The highest BCUT2D eigenvalue weighted by Crippen LogP contribution is 2.26. The van der Waals surface area contributed by atoms with E-state index in [-0.39, 0.29) is 5.91 Å². The van der Waals surface area contributed by atoms with Crippen molar-refractivity contribution in [2.45, 2.75) is 32.9 Å². The summed E-state index contributed by atoms with van der Waals surface area (Å²) in [5, 5.41) is 3.13. The van der Waals surface area contributed by atoms with E-state index in [2.05, 4.69) is 33.8 Å². The lowest BCUT2D eigenvalue weighted by atomic mass is 10.0. The van der Waals surface area contributed by atoms with Crippen molar-refractivity contribution in [2.24, 2.45) is 5.92 Å². The van der Waals surface area contributed by atoms with Crippen LogP contribution in [0.5, 0.6) is 0 Å². The molecule has 0 aliphatic carbocycles. The standard InChI is InChI=1S/C21H28N4O2/c1-2-24-10-11-25-18(15-24)19(23-20(25)17-6-4-3-5-7-17)21(26)22-14-16-8-12-27-13-9-16/h3-7,16H,2,8-15H2,1H3,(H,22,26). The lowest BCUT2D eigenvalue weighted by Crippen LogP contribution is -2.36. The van der Waals surface area contributed by atoms with Crippen LogP contribution in [0.3, 0.4) is 0 Å². The molecule has 6 nitrogen and oxygen atoms in total. The van der Waals surface area contributed by atoms with E-state index in [0.717, 1.165) is 69.3 Å². The number of nitrogens with zero attached hydrogens (tertiary/aromatic N) is 3. The molecule has 1 saturated heterocycles. The number of hydrogen-bond acceptors (Lipinski definition) is 4. The Morgan fingerprint density at radius 3 is 2.74 bits per heavy atom. The molecule has 1 aromatic heterocycles. The number of carbonyl (C=O) groups is 1. The van der Waals surface area contributed by atoms with Gasteiger partial charge >= 0.3 is 0 Å². The molecule has 0 saturated carbocycles. The zero-order chi connectivity index (χ0) is 18.6. The van der Waals surface area contributed by atoms with E-state index in [9.17, 15) is 4.79 Å². The monoisotopic (exact) mass is 368 g/mol. The molecule has 0 radical (unpaired) electrons. The first-order valence-corrected chi connectivity index (χ1v) is 9.99. The van der Waals surface area contributed by atoms with Crippen molar-refractivity contribution in [3.8, 4) is 11.4 Å². The van der Waals surface area contributed by atoms with Gasteiger partial charge < -0.3 is 14.6 Å². The van der Waals surface area contributed by atoms with E-state index in [1.807, 2.05) is 18.2 Å². The van der Waals surface area contributed by atoms with Crippen LogP contribution in [0.25, 0.3) is 11.4 Å². The highest BCUT2D eigenvalue weighted by molar-refractivity contribution is 5.94. The van der Waals surface area contributed by atoms with Crippen molar-refractivity contribution in [1.29, 1.82) is 0 Å². The van der Waals surface area contributed by atoms with E-state index in [1.54, 1.807) is 0 Å². The molecule has 1 amide bonds. The molecule has 1 aromatic carbocycles. The number of fused-ring (bicyclic) bond motifs is 1. The zero-order valence-electron chi connectivity index (χ0n) is 16.0. The average molecular weight is 368 g/mol. The number of rotatable bonds is 5. The fourth-order valence-electron chi connectivity index (χ4n) is 3.95. The topological polar surface area (TPSA) is 59.4 Å². The van der Waals surface area contributed by atoms with Crippen molar-refractivity contribution in [3.05, 3.63) is 41.7 Å². The van der Waals surface area contributed by atoms with E-state index in [0.29, 0.717) is 18.2 Å². The Labute approximate surface area is 160 Å². The summed E-state index contributed by atoms with van der Waals surface area (Å²) in [5.41, 5.74) is 2.68. The van der Waals surface area contributed by atoms with Gasteiger partial charge in [-0.05, 0) is 25.3 Å². The summed E-state index contributed by atoms with van der Waals surface area (Å²) in [6.45, 7) is 8.07. The number of amides is 1. The molecular formula is C21H28N4O2. The first-order chi connectivity index (χ1) is 13.3. The molecular weight excluding hydrogens is 340 g/mol. The number of benzene rings is 1. The van der Waals surface area contributed by atoms with E-state index in [4.69, 9.17) is 9.72 Å². The first-order valence-electron chi connectivity index (χ1n) is 9.99. The molecule has 2 aromatic rings. The highest BCUT2D eigenvalue weighted by Gasteiger charge is 2.27. The third-order valence-electron chi connectivity index (χ3n) is 5.67. The lowest BCUT2D eigenvalue weighted by Gasteiger charge is -2.28. The average Bonchev–Trinajstić information content (AvgIpc) is 3.12. The Balaban J connectivity index is 1.59. The minimum Gasteiger partial charge on any atom is -0.381 e. The second-order valence-electron chi connectivity index (χ2n) is 7.38. The highest BCUT2D eigenvalue weighted by atomic mass is 16.5. The molecule has 0 bridgehead atoms. The van der Waals surface area contributed by atoms with Crippen LogP contribution in [-0.2, 0) is 17.8 Å². The largest absolute Gasteiger partial charge is 0.381 e. The van der Waals surface area contributed by atoms with Crippen LogP contribution < -0.4 is 5.32 Å². The summed E-state index contributed by atoms with van der Waals surface area (Å²) in [6, 6.07) is 10.2. The molecule has 2 aliphatic rings. The number of imidazole rings is 1. The van der Waals surface area contributed by atoms with Crippen LogP contribution in [0.1, 0.15) is 35.9 Å². The molecule has 0 spiro atoms. The number of carbonyl (C=O) groups excluding carboxylic acids is 1. The van der Waals surface area contributed by atoms with Crippen LogP contribution in [0, 0.1) is 5.92 Å². The maximum Gasteiger partial charge on any atom is 0.271 e. The molecule has 0 atom stereocenters. The molecule has 4 rings (SSSR count). The summed E-state index contributed by atoms with van der Waals surface area (Å²) < 4.78 is 7.64. The fraction of sp³-hybridized carbons (Fsp3) is 0.524. The summed E-state index contributed by atoms with van der Waals surface area (Å²) in [5.74, 6) is 1.35. The molecule has 1 N–H and O–H groups in total. The van der Waals surface area contributed by atoms with E-state index < -0.39 is 0 Å². The zero-order valence-corrected chi connectivity index (χ0v) is 16.0. The van der Waals surface area contributed by atoms with Gasteiger partial charge in [-0.2, -0.15) is 0 Å². The Morgan fingerprint density at radius 1 is 1.22 bits per heavy atom. The van der Waals surface area contributed by atoms with E-state index in [1.165, 1.54) is 0 Å². The van der Waals surface area contributed by atoms with Crippen molar-refractivity contribution in [1.82, 2.24) is 19.8 Å². The van der Waals surface area contributed by atoms with Crippen LogP contribution in [-0.4, -0.2) is 53.2 Å². The smallest absolute Gasteiger partial charge is 0.271 e. The summed E-state index contributed by atoms with van der Waals surface area (Å²) >= 11 is 0. The van der Waals surface area contributed by atoms with E-state index >= 15 is 0 Å².